The lowest BCUT2D eigenvalue weighted by atomic mass is 10.4. The molecule has 2 rings (SSSR count). The molecule has 0 aromatic carbocycles. The van der Waals surface area contributed by atoms with Crippen LogP contribution in [0.15, 0.2) is 11.6 Å². The minimum atomic E-state index is 0.821. The van der Waals surface area contributed by atoms with Crippen molar-refractivity contribution in [3.8, 4) is 0 Å². The van der Waals surface area contributed by atoms with Crippen molar-refractivity contribution in [3.63, 3.8) is 0 Å². The molecule has 0 aliphatic rings. The molecule has 2 aromatic heterocycles. The molecule has 0 fully saturated rings. The molecule has 86 valence electrons. The lowest BCUT2D eigenvalue weighted by molar-refractivity contribution is 0.673. The summed E-state index contributed by atoms with van der Waals surface area (Å²) < 4.78 is 2.20. The number of imidazole rings is 1. The maximum Gasteiger partial charge on any atom is 0.113 e. The Labute approximate surface area is 99.4 Å². The molecule has 1 N–H and O–H groups in total. The van der Waals surface area contributed by atoms with E-state index < -0.39 is 0 Å². The predicted octanol–water partition coefficient (Wildman–Crippen LogP) is 1.72. The third kappa shape index (κ3) is 2.31. The third-order valence-corrected chi connectivity index (χ3v) is 3.41. The summed E-state index contributed by atoms with van der Waals surface area (Å²) in [5.74, 6) is 1.04. The number of nitrogens with zero attached hydrogens (tertiary/aromatic N) is 3. The molecule has 2 heterocycles. The Hall–Kier alpha value is -1.20. The Balaban J connectivity index is 2.22. The molecule has 0 aliphatic carbocycles. The van der Waals surface area contributed by atoms with Crippen molar-refractivity contribution in [3.05, 3.63) is 33.8 Å². The second-order valence-corrected chi connectivity index (χ2v) is 4.74. The molecule has 0 spiro atoms. The molecule has 0 atom stereocenters. The van der Waals surface area contributed by atoms with Crippen LogP contribution in [-0.4, -0.2) is 21.6 Å². The molecule has 0 unspecified atom stereocenters. The normalized spacial score (nSPS) is 10.9. The largest absolute Gasteiger partial charge is 0.324 e. The van der Waals surface area contributed by atoms with Crippen LogP contribution in [0.2, 0.25) is 0 Å². The molecule has 0 radical (unpaired) electrons. The minimum absolute atomic E-state index is 0.821. The lowest BCUT2D eigenvalue weighted by Gasteiger charge is -2.07. The first kappa shape index (κ1) is 11.3. The van der Waals surface area contributed by atoms with Gasteiger partial charge in [-0.2, -0.15) is 0 Å². The van der Waals surface area contributed by atoms with E-state index in [1.54, 1.807) is 11.3 Å². The molecular weight excluding hydrogens is 220 g/mol. The summed E-state index contributed by atoms with van der Waals surface area (Å²) in [7, 11) is 1.94. The topological polar surface area (TPSA) is 42.7 Å². The SMILES string of the molecule is CNCc1cnc(C)n1Cc1nc(C)cs1. The average Bonchev–Trinajstić information content (AvgIpc) is 2.79. The van der Waals surface area contributed by atoms with Crippen LogP contribution in [-0.2, 0) is 13.1 Å². The molecule has 2 aromatic rings. The Morgan fingerprint density at radius 2 is 2.25 bits per heavy atom. The molecule has 0 amide bonds. The minimum Gasteiger partial charge on any atom is -0.324 e. The van der Waals surface area contributed by atoms with E-state index in [4.69, 9.17) is 0 Å². The van der Waals surface area contributed by atoms with Crippen molar-refractivity contribution in [1.82, 2.24) is 19.9 Å². The number of nitrogens with one attached hydrogen (secondary N) is 1. The summed E-state index contributed by atoms with van der Waals surface area (Å²) in [5.41, 5.74) is 2.29. The van der Waals surface area contributed by atoms with Gasteiger partial charge in [0, 0.05) is 23.8 Å². The van der Waals surface area contributed by atoms with Crippen molar-refractivity contribution in [2.75, 3.05) is 7.05 Å². The van der Waals surface area contributed by atoms with Crippen LogP contribution < -0.4 is 5.32 Å². The van der Waals surface area contributed by atoms with Crippen LogP contribution in [0, 0.1) is 13.8 Å². The van der Waals surface area contributed by atoms with Gasteiger partial charge in [0.2, 0.25) is 0 Å². The van der Waals surface area contributed by atoms with Crippen molar-refractivity contribution < 1.29 is 0 Å². The Morgan fingerprint density at radius 3 is 2.88 bits per heavy atom. The second kappa shape index (κ2) is 4.76. The van der Waals surface area contributed by atoms with Crippen molar-refractivity contribution in [1.29, 1.82) is 0 Å². The maximum atomic E-state index is 4.48. The summed E-state index contributed by atoms with van der Waals surface area (Å²) in [6, 6.07) is 0. The summed E-state index contributed by atoms with van der Waals surface area (Å²) in [4.78, 5) is 8.82. The van der Waals surface area contributed by atoms with E-state index in [-0.39, 0.29) is 0 Å². The van der Waals surface area contributed by atoms with Gasteiger partial charge in [-0.25, -0.2) is 9.97 Å². The van der Waals surface area contributed by atoms with Crippen LogP contribution in [0.1, 0.15) is 22.2 Å². The van der Waals surface area contributed by atoms with Gasteiger partial charge in [0.1, 0.15) is 10.8 Å². The molecule has 0 saturated carbocycles. The number of hydrogen-bond donors (Lipinski definition) is 1. The van der Waals surface area contributed by atoms with E-state index in [0.717, 1.165) is 29.6 Å². The first-order chi connectivity index (χ1) is 7.70. The fraction of sp³-hybridized carbons (Fsp3) is 0.455. The standard InChI is InChI=1S/C11H16N4S/c1-8-7-16-11(14-8)6-15-9(2)13-5-10(15)4-12-3/h5,7,12H,4,6H2,1-3H3. The summed E-state index contributed by atoms with van der Waals surface area (Å²) in [5, 5.41) is 6.37. The zero-order valence-corrected chi connectivity index (χ0v) is 10.6. The van der Waals surface area contributed by atoms with Crippen molar-refractivity contribution in [2.24, 2.45) is 0 Å². The second-order valence-electron chi connectivity index (χ2n) is 3.80. The molecule has 5 heteroatoms. The van der Waals surface area contributed by atoms with E-state index in [1.807, 2.05) is 27.1 Å². The number of hydrogen-bond acceptors (Lipinski definition) is 4. The van der Waals surface area contributed by atoms with Gasteiger partial charge in [-0.3, -0.25) is 0 Å². The van der Waals surface area contributed by atoms with Gasteiger partial charge >= 0.3 is 0 Å². The molecule has 16 heavy (non-hydrogen) atoms. The van der Waals surface area contributed by atoms with Crippen molar-refractivity contribution >= 4 is 11.3 Å². The van der Waals surface area contributed by atoms with E-state index in [9.17, 15) is 0 Å². The van der Waals surface area contributed by atoms with E-state index in [0.29, 0.717) is 0 Å². The third-order valence-electron chi connectivity index (χ3n) is 2.46. The van der Waals surface area contributed by atoms with Gasteiger partial charge in [-0.05, 0) is 20.9 Å². The Morgan fingerprint density at radius 1 is 1.44 bits per heavy atom. The van der Waals surface area contributed by atoms with Gasteiger partial charge in [0.05, 0.1) is 12.2 Å². The monoisotopic (exact) mass is 236 g/mol. The maximum absolute atomic E-state index is 4.48. The van der Waals surface area contributed by atoms with Gasteiger partial charge in [0.15, 0.2) is 0 Å². The van der Waals surface area contributed by atoms with E-state index >= 15 is 0 Å². The smallest absolute Gasteiger partial charge is 0.113 e. The van der Waals surface area contributed by atoms with Crippen LogP contribution >= 0.6 is 11.3 Å². The Kier molecular flexibility index (Phi) is 3.36. The number of aryl methyl sites for hydroxylation is 2. The molecular formula is C11H16N4S. The molecule has 4 nitrogen and oxygen atoms in total. The Bertz CT molecular complexity index is 472. The summed E-state index contributed by atoms with van der Waals surface area (Å²) >= 11 is 1.70. The zero-order chi connectivity index (χ0) is 11.5. The highest BCUT2D eigenvalue weighted by atomic mass is 32.1. The highest BCUT2D eigenvalue weighted by Crippen LogP contribution is 2.13. The lowest BCUT2D eigenvalue weighted by Crippen LogP contribution is -2.12. The molecule has 0 bridgehead atoms. The van der Waals surface area contributed by atoms with Crippen LogP contribution in [0.3, 0.4) is 0 Å². The first-order valence-electron chi connectivity index (χ1n) is 5.27. The summed E-state index contributed by atoms with van der Waals surface area (Å²) in [6.45, 7) is 5.71. The quantitative estimate of drug-likeness (QED) is 0.879. The average molecular weight is 236 g/mol. The fourth-order valence-corrected chi connectivity index (χ4v) is 2.42. The predicted molar refractivity (Wildman–Crippen MR) is 65.7 cm³/mol. The number of aromatic nitrogens is 3. The number of rotatable bonds is 4. The van der Waals surface area contributed by atoms with Gasteiger partial charge in [0.25, 0.3) is 0 Å². The molecule has 0 saturated heterocycles. The van der Waals surface area contributed by atoms with Crippen LogP contribution in [0.5, 0.6) is 0 Å². The highest BCUT2D eigenvalue weighted by Gasteiger charge is 2.08. The first-order valence-corrected chi connectivity index (χ1v) is 6.15. The highest BCUT2D eigenvalue weighted by molar-refractivity contribution is 7.09. The fourth-order valence-electron chi connectivity index (χ4n) is 1.66. The summed E-state index contributed by atoms with van der Waals surface area (Å²) in [6.07, 6.45) is 1.92. The van der Waals surface area contributed by atoms with Gasteiger partial charge < -0.3 is 9.88 Å². The zero-order valence-electron chi connectivity index (χ0n) is 9.82. The van der Waals surface area contributed by atoms with E-state index in [1.165, 1.54) is 5.69 Å². The van der Waals surface area contributed by atoms with Crippen LogP contribution in [0.25, 0.3) is 0 Å². The molecule has 0 aliphatic heterocycles. The number of thiazole rings is 1. The van der Waals surface area contributed by atoms with E-state index in [2.05, 4.69) is 25.2 Å². The van der Waals surface area contributed by atoms with Crippen molar-refractivity contribution in [2.45, 2.75) is 26.9 Å². The van der Waals surface area contributed by atoms with Gasteiger partial charge in [-0.1, -0.05) is 0 Å². The van der Waals surface area contributed by atoms with Crippen LogP contribution in [0.4, 0.5) is 0 Å². The van der Waals surface area contributed by atoms with Gasteiger partial charge in [-0.15, -0.1) is 11.3 Å².